The molecule has 2 heterocycles. The molecule has 0 bridgehead atoms. The number of aliphatic carboxylic acids is 1. The zero-order valence-electron chi connectivity index (χ0n) is 19.9. The number of H-pyrrole nitrogens is 1. The van der Waals surface area contributed by atoms with Crippen molar-refractivity contribution in [3.8, 4) is 11.4 Å². The third-order valence-corrected chi connectivity index (χ3v) is 6.37. The zero-order valence-corrected chi connectivity index (χ0v) is 22.7. The summed E-state index contributed by atoms with van der Waals surface area (Å²) in [4.78, 5) is 13.7. The SMILES string of the molecule is O=C([O-])C1CCc2cc(OCNc3cccc(-n4cn[nH]c4=S)c3)ccc2N1Cc1ccccc1.[Na+]. The number of hydrogen-bond donors (Lipinski definition) is 2. The van der Waals surface area contributed by atoms with Gasteiger partial charge in [0.05, 0.1) is 17.7 Å². The Morgan fingerprint density at radius 2 is 1.97 bits per heavy atom. The predicted octanol–water partition coefficient (Wildman–Crippen LogP) is 0.454. The second-order valence-electron chi connectivity index (χ2n) is 8.32. The molecule has 8 nitrogen and oxygen atoms in total. The van der Waals surface area contributed by atoms with Crippen molar-refractivity contribution < 1.29 is 44.2 Å². The van der Waals surface area contributed by atoms with Crippen LogP contribution in [0.1, 0.15) is 17.5 Å². The molecule has 0 saturated carbocycles. The number of fused-ring (bicyclic) bond motifs is 1. The average Bonchev–Trinajstić information content (AvgIpc) is 3.30. The Balaban J connectivity index is 0.00000304. The number of carbonyl (C=O) groups excluding carboxylic acids is 1. The van der Waals surface area contributed by atoms with E-state index in [9.17, 15) is 9.90 Å². The van der Waals surface area contributed by atoms with Crippen LogP contribution in [0.25, 0.3) is 5.69 Å². The molecule has 1 aromatic heterocycles. The topological polar surface area (TPSA) is 98.2 Å². The van der Waals surface area contributed by atoms with Crippen molar-refractivity contribution in [1.29, 1.82) is 0 Å². The van der Waals surface area contributed by atoms with Crippen LogP contribution in [-0.2, 0) is 17.8 Å². The number of carboxylic acid groups (broad SMARTS) is 1. The van der Waals surface area contributed by atoms with Gasteiger partial charge in [-0.25, -0.2) is 0 Å². The van der Waals surface area contributed by atoms with E-state index in [1.165, 1.54) is 0 Å². The Bertz CT molecular complexity index is 1390. The molecule has 0 spiro atoms. The maximum absolute atomic E-state index is 11.8. The number of anilines is 2. The van der Waals surface area contributed by atoms with Crippen LogP contribution >= 0.6 is 12.2 Å². The number of carbonyl (C=O) groups is 1. The molecule has 36 heavy (non-hydrogen) atoms. The minimum atomic E-state index is -1.05. The first-order valence-electron chi connectivity index (χ1n) is 11.3. The number of nitrogens with zero attached hydrogens (tertiary/aromatic N) is 3. The summed E-state index contributed by atoms with van der Waals surface area (Å²) in [5.74, 6) is -0.328. The van der Waals surface area contributed by atoms with Crippen LogP contribution in [0, 0.1) is 4.77 Å². The maximum Gasteiger partial charge on any atom is 1.00 e. The van der Waals surface area contributed by atoms with Gasteiger partial charge in [0, 0.05) is 17.9 Å². The Labute approximate surface area is 236 Å². The monoisotopic (exact) mass is 509 g/mol. The molecule has 0 saturated heterocycles. The Kier molecular flexibility index (Phi) is 8.48. The van der Waals surface area contributed by atoms with Crippen molar-refractivity contribution in [2.45, 2.75) is 25.4 Å². The van der Waals surface area contributed by atoms with Gasteiger partial charge in [-0.15, -0.1) is 0 Å². The molecule has 2 N–H and O–H groups in total. The molecule has 10 heteroatoms. The summed E-state index contributed by atoms with van der Waals surface area (Å²) < 4.78 is 8.26. The van der Waals surface area contributed by atoms with E-state index in [1.807, 2.05) is 77.7 Å². The summed E-state index contributed by atoms with van der Waals surface area (Å²) in [6.45, 7) is 0.777. The summed E-state index contributed by atoms with van der Waals surface area (Å²) >= 11 is 5.24. The van der Waals surface area contributed by atoms with Gasteiger partial charge in [0.25, 0.3) is 0 Å². The first-order valence-corrected chi connectivity index (χ1v) is 11.7. The van der Waals surface area contributed by atoms with E-state index in [2.05, 4.69) is 15.5 Å². The molecule has 3 aromatic carbocycles. The molecule has 4 aromatic rings. The van der Waals surface area contributed by atoms with Gasteiger partial charge >= 0.3 is 29.6 Å². The molecular weight excluding hydrogens is 485 g/mol. The van der Waals surface area contributed by atoms with E-state index in [4.69, 9.17) is 17.0 Å². The van der Waals surface area contributed by atoms with E-state index < -0.39 is 12.0 Å². The first-order chi connectivity index (χ1) is 17.1. The number of nitrogens with one attached hydrogen (secondary N) is 2. The summed E-state index contributed by atoms with van der Waals surface area (Å²) in [6, 6.07) is 22.8. The van der Waals surface area contributed by atoms with E-state index in [1.54, 1.807) is 10.9 Å². The van der Waals surface area contributed by atoms with E-state index in [-0.39, 0.29) is 36.3 Å². The summed E-state index contributed by atoms with van der Waals surface area (Å²) in [5.41, 5.74) is 4.79. The van der Waals surface area contributed by atoms with Gasteiger partial charge in [0.1, 0.15) is 12.1 Å². The van der Waals surface area contributed by atoms with E-state index >= 15 is 0 Å². The van der Waals surface area contributed by atoms with Crippen LogP contribution in [0.3, 0.4) is 0 Å². The summed E-state index contributed by atoms with van der Waals surface area (Å²) in [6.07, 6.45) is 2.78. The molecule has 0 aliphatic carbocycles. The van der Waals surface area contributed by atoms with Crippen molar-refractivity contribution in [1.82, 2.24) is 14.8 Å². The quantitative estimate of drug-likeness (QED) is 0.202. The zero-order chi connectivity index (χ0) is 24.2. The fourth-order valence-corrected chi connectivity index (χ4v) is 4.57. The molecule has 0 fully saturated rings. The second kappa shape index (κ2) is 11.7. The van der Waals surface area contributed by atoms with Gasteiger partial charge in [-0.1, -0.05) is 36.4 Å². The van der Waals surface area contributed by atoms with Gasteiger partial charge in [-0.3, -0.25) is 9.67 Å². The van der Waals surface area contributed by atoms with Crippen molar-refractivity contribution in [2.75, 3.05) is 16.9 Å². The van der Waals surface area contributed by atoms with Crippen LogP contribution in [0.15, 0.2) is 79.1 Å². The van der Waals surface area contributed by atoms with Crippen molar-refractivity contribution in [2.24, 2.45) is 0 Å². The van der Waals surface area contributed by atoms with Crippen LogP contribution in [-0.4, -0.2) is 33.5 Å². The standard InChI is InChI=1S/C26H25N5O3S.Na/c32-25(33)24-11-9-19-13-22(10-12-23(19)30(24)15-18-5-2-1-3-6-18)34-17-27-20-7-4-8-21(14-20)31-16-28-29-26(31)35;/h1-8,10,12-14,16,24,27H,9,11,15,17H2,(H,29,35)(H,32,33);/q;+1/p-1. The molecule has 178 valence electrons. The van der Waals surface area contributed by atoms with Crippen LogP contribution in [0.4, 0.5) is 11.4 Å². The molecule has 1 aliphatic rings. The van der Waals surface area contributed by atoms with Gasteiger partial charge in [0.2, 0.25) is 0 Å². The average molecular weight is 510 g/mol. The van der Waals surface area contributed by atoms with Crippen molar-refractivity contribution in [3.05, 3.63) is 95.0 Å². The Morgan fingerprint density at radius 1 is 1.14 bits per heavy atom. The number of benzene rings is 3. The molecule has 1 unspecified atom stereocenters. The number of aromatic nitrogens is 3. The van der Waals surface area contributed by atoms with E-state index in [0.29, 0.717) is 24.2 Å². The third kappa shape index (κ3) is 5.82. The third-order valence-electron chi connectivity index (χ3n) is 6.08. The normalized spacial score (nSPS) is 14.4. The van der Waals surface area contributed by atoms with Crippen molar-refractivity contribution in [3.63, 3.8) is 0 Å². The molecule has 1 atom stereocenters. The fourth-order valence-electron chi connectivity index (χ4n) is 4.37. The molecule has 0 radical (unpaired) electrons. The smallest absolute Gasteiger partial charge is 0.548 e. The Hall–Kier alpha value is -3.11. The van der Waals surface area contributed by atoms with Gasteiger partial charge < -0.3 is 24.9 Å². The number of hydrogen-bond acceptors (Lipinski definition) is 7. The second-order valence-corrected chi connectivity index (χ2v) is 8.71. The van der Waals surface area contributed by atoms with Crippen LogP contribution < -0.4 is 49.6 Å². The fraction of sp³-hybridized carbons (Fsp3) is 0.192. The number of ether oxygens (including phenoxy) is 1. The number of rotatable bonds is 8. The number of aromatic amines is 1. The van der Waals surface area contributed by atoms with Gasteiger partial charge in [0.15, 0.2) is 11.5 Å². The van der Waals surface area contributed by atoms with Crippen molar-refractivity contribution >= 4 is 29.6 Å². The molecule has 0 amide bonds. The minimum absolute atomic E-state index is 0. The van der Waals surface area contributed by atoms with Crippen LogP contribution in [0.5, 0.6) is 5.75 Å². The minimum Gasteiger partial charge on any atom is -0.548 e. The maximum atomic E-state index is 11.8. The Morgan fingerprint density at radius 3 is 2.72 bits per heavy atom. The molecule has 5 rings (SSSR count). The first kappa shape index (κ1) is 26.0. The van der Waals surface area contributed by atoms with E-state index in [0.717, 1.165) is 33.9 Å². The van der Waals surface area contributed by atoms with Gasteiger partial charge in [-0.2, -0.15) is 5.10 Å². The number of carboxylic acids is 1. The number of aryl methyl sites for hydroxylation is 1. The molecule has 1 aliphatic heterocycles. The van der Waals surface area contributed by atoms with Gasteiger partial charge in [-0.05, 0) is 72.6 Å². The summed E-state index contributed by atoms with van der Waals surface area (Å²) in [5, 5.41) is 21.8. The largest absolute Gasteiger partial charge is 1.00 e. The predicted molar refractivity (Wildman–Crippen MR) is 134 cm³/mol. The van der Waals surface area contributed by atoms with Crippen LogP contribution in [0.2, 0.25) is 0 Å². The summed E-state index contributed by atoms with van der Waals surface area (Å²) in [7, 11) is 0. The molecular formula is C26H24N5NaO3S.